The van der Waals surface area contributed by atoms with E-state index in [2.05, 4.69) is 27.2 Å². The summed E-state index contributed by atoms with van der Waals surface area (Å²) in [5.74, 6) is 0.176. The van der Waals surface area contributed by atoms with E-state index in [1.165, 1.54) is 11.3 Å². The predicted octanol–water partition coefficient (Wildman–Crippen LogP) is 6.13. The van der Waals surface area contributed by atoms with Crippen LogP contribution in [0.1, 0.15) is 23.5 Å². The van der Waals surface area contributed by atoms with Crippen LogP contribution in [-0.4, -0.2) is 35.8 Å². The van der Waals surface area contributed by atoms with Gasteiger partial charge in [-0.05, 0) is 65.6 Å². The Morgan fingerprint density at radius 2 is 1.81 bits per heavy atom. The highest BCUT2D eigenvalue weighted by molar-refractivity contribution is 7.91. The second-order valence-corrected chi connectivity index (χ2v) is 11.8. The maximum absolute atomic E-state index is 12.9. The van der Waals surface area contributed by atoms with Crippen LogP contribution in [0.2, 0.25) is 5.02 Å². The molecule has 0 aliphatic heterocycles. The maximum Gasteiger partial charge on any atom is 0.503 e. The van der Waals surface area contributed by atoms with E-state index in [9.17, 15) is 8.42 Å². The van der Waals surface area contributed by atoms with Crippen LogP contribution in [0.3, 0.4) is 0 Å². The van der Waals surface area contributed by atoms with Crippen LogP contribution in [0.25, 0.3) is 10.4 Å². The summed E-state index contributed by atoms with van der Waals surface area (Å²) >= 11 is 7.22. The fourth-order valence-electron chi connectivity index (χ4n) is 3.77. The molecule has 192 valence electrons. The number of nitrogens with zero attached hydrogens (tertiary/aromatic N) is 1. The third-order valence-corrected chi connectivity index (χ3v) is 8.97. The molecule has 2 aromatic heterocycles. The molecule has 2 heterocycles. The lowest BCUT2D eigenvalue weighted by atomic mass is 10.1. The van der Waals surface area contributed by atoms with Crippen molar-refractivity contribution in [1.29, 1.82) is 0 Å². The van der Waals surface area contributed by atoms with Gasteiger partial charge in [-0.3, -0.25) is 4.98 Å². The topological polar surface area (TPSA) is 129 Å². The van der Waals surface area contributed by atoms with Crippen molar-refractivity contribution in [3.63, 3.8) is 0 Å². The Bertz CT molecular complexity index is 1460. The van der Waals surface area contributed by atoms with E-state index >= 15 is 0 Å². The number of hydrogen-bond donors (Lipinski definition) is 4. The number of anilines is 1. The molecule has 1 aliphatic rings. The largest absolute Gasteiger partial charge is 0.503 e. The zero-order valence-electron chi connectivity index (χ0n) is 19.4. The number of benzene rings is 2. The Hall–Kier alpha value is -3.44. The smallest absolute Gasteiger partial charge is 0.450 e. The molecule has 0 radical (unpaired) electrons. The third kappa shape index (κ3) is 7.53. The summed E-state index contributed by atoms with van der Waals surface area (Å²) in [5, 5.41) is 18.0. The number of hydrogen-bond acceptors (Lipinski definition) is 6. The Morgan fingerprint density at radius 3 is 2.51 bits per heavy atom. The van der Waals surface area contributed by atoms with E-state index in [1.807, 2.05) is 48.7 Å². The second kappa shape index (κ2) is 11.7. The van der Waals surface area contributed by atoms with Gasteiger partial charge in [-0.1, -0.05) is 41.9 Å². The van der Waals surface area contributed by atoms with Gasteiger partial charge in [0.2, 0.25) is 10.0 Å². The van der Waals surface area contributed by atoms with Gasteiger partial charge in [0, 0.05) is 46.5 Å². The van der Waals surface area contributed by atoms with E-state index in [-0.39, 0.29) is 12.0 Å². The minimum absolute atomic E-state index is 0.0929. The molecule has 2 atom stereocenters. The summed E-state index contributed by atoms with van der Waals surface area (Å²) in [4.78, 5) is 13.6. The van der Waals surface area contributed by atoms with Gasteiger partial charge in [-0.25, -0.2) is 17.9 Å². The lowest BCUT2D eigenvalue weighted by Gasteiger charge is -2.09. The Labute approximate surface area is 223 Å². The average Bonchev–Trinajstić information content (AvgIpc) is 3.43. The molecular formula is C26H24ClN3O5S2. The molecule has 0 saturated heterocycles. The maximum atomic E-state index is 12.9. The minimum atomic E-state index is -3.57. The van der Waals surface area contributed by atoms with Gasteiger partial charge < -0.3 is 15.5 Å². The third-order valence-electron chi connectivity index (χ3n) is 5.61. The molecule has 1 saturated carbocycles. The number of carbonyl (C=O) groups is 1. The van der Waals surface area contributed by atoms with Crippen LogP contribution >= 0.6 is 22.9 Å². The number of pyridine rings is 1. The van der Waals surface area contributed by atoms with E-state index in [4.69, 9.17) is 26.6 Å². The Kier molecular flexibility index (Phi) is 8.45. The number of nitrogens with one attached hydrogen (secondary N) is 2. The molecular weight excluding hydrogens is 534 g/mol. The molecule has 0 bridgehead atoms. The minimum Gasteiger partial charge on any atom is -0.450 e. The number of carboxylic acid groups (broad SMARTS) is 2. The highest BCUT2D eigenvalue weighted by Gasteiger charge is 2.41. The summed E-state index contributed by atoms with van der Waals surface area (Å²) < 4.78 is 29.1. The molecule has 0 amide bonds. The standard InChI is InChI=1S/C25H22ClN3O2S2.CH2O3/c26-20-8-6-18(7-9-20)24-10-11-25(32-24)33(30,31)29-23-14-22(23)19-4-1-5-21(13-19)28-16-17-3-2-12-27-15-17;2-1(3)4/h1-13,15,22-23,28-29H,14,16H2;(H2,2,3,4)/t22-,23+;/m1./s1. The van der Waals surface area contributed by atoms with Crippen LogP contribution < -0.4 is 10.0 Å². The first-order valence-corrected chi connectivity index (χ1v) is 13.9. The predicted molar refractivity (Wildman–Crippen MR) is 145 cm³/mol. The summed E-state index contributed by atoms with van der Waals surface area (Å²) in [6.07, 6.45) is 2.55. The highest BCUT2D eigenvalue weighted by Crippen LogP contribution is 2.43. The molecule has 2 aromatic carbocycles. The first kappa shape index (κ1) is 26.6. The van der Waals surface area contributed by atoms with Crippen molar-refractivity contribution >= 4 is 44.8 Å². The Balaban J connectivity index is 0.000000747. The summed E-state index contributed by atoms with van der Waals surface area (Å²) in [5.41, 5.74) is 4.20. The molecule has 1 aliphatic carbocycles. The van der Waals surface area contributed by atoms with Gasteiger partial charge >= 0.3 is 6.16 Å². The second-order valence-electron chi connectivity index (χ2n) is 8.32. The quantitative estimate of drug-likeness (QED) is 0.205. The van der Waals surface area contributed by atoms with Gasteiger partial charge in [-0.15, -0.1) is 11.3 Å². The van der Waals surface area contributed by atoms with Crippen molar-refractivity contribution in [2.24, 2.45) is 0 Å². The van der Waals surface area contributed by atoms with Crippen molar-refractivity contribution in [3.8, 4) is 10.4 Å². The number of rotatable bonds is 8. The lowest BCUT2D eigenvalue weighted by Crippen LogP contribution is -2.26. The van der Waals surface area contributed by atoms with Crippen molar-refractivity contribution in [1.82, 2.24) is 9.71 Å². The Morgan fingerprint density at radius 1 is 1.05 bits per heavy atom. The van der Waals surface area contributed by atoms with E-state index in [1.54, 1.807) is 24.4 Å². The number of halogens is 1. The number of sulfonamides is 1. The van der Waals surface area contributed by atoms with Crippen molar-refractivity contribution < 1.29 is 23.4 Å². The van der Waals surface area contributed by atoms with E-state index in [0.29, 0.717) is 15.8 Å². The van der Waals surface area contributed by atoms with Crippen LogP contribution in [-0.2, 0) is 16.6 Å². The molecule has 11 heteroatoms. The van der Waals surface area contributed by atoms with Crippen molar-refractivity contribution in [2.45, 2.75) is 29.1 Å². The summed E-state index contributed by atoms with van der Waals surface area (Å²) in [6.45, 7) is 0.687. The molecule has 0 spiro atoms. The van der Waals surface area contributed by atoms with Crippen molar-refractivity contribution in [3.05, 3.63) is 101 Å². The molecule has 4 aromatic rings. The van der Waals surface area contributed by atoms with E-state index < -0.39 is 16.2 Å². The van der Waals surface area contributed by atoms with Crippen LogP contribution in [0.4, 0.5) is 10.5 Å². The van der Waals surface area contributed by atoms with Crippen LogP contribution in [0, 0.1) is 0 Å². The molecule has 4 N–H and O–H groups in total. The van der Waals surface area contributed by atoms with Crippen LogP contribution in [0.5, 0.6) is 0 Å². The number of thiophene rings is 1. The zero-order valence-corrected chi connectivity index (χ0v) is 21.8. The SMILES string of the molecule is O=C(O)O.O=S(=O)(N[C@H]1C[C@@H]1c1cccc(NCc2cccnc2)c1)c1ccc(-c2ccc(Cl)cc2)s1. The molecule has 8 nitrogen and oxygen atoms in total. The average molecular weight is 558 g/mol. The van der Waals surface area contributed by atoms with Gasteiger partial charge in [0.05, 0.1) is 0 Å². The normalized spacial score (nSPS) is 16.4. The van der Waals surface area contributed by atoms with Crippen LogP contribution in [0.15, 0.2) is 89.4 Å². The molecule has 0 unspecified atom stereocenters. The van der Waals surface area contributed by atoms with Gasteiger partial charge in [-0.2, -0.15) is 0 Å². The number of aromatic nitrogens is 1. The lowest BCUT2D eigenvalue weighted by molar-refractivity contribution is 0.137. The van der Waals surface area contributed by atoms with Crippen molar-refractivity contribution in [2.75, 3.05) is 5.32 Å². The molecule has 1 fully saturated rings. The zero-order chi connectivity index (χ0) is 26.4. The summed E-state index contributed by atoms with van der Waals surface area (Å²) in [7, 11) is -3.57. The fraction of sp³-hybridized carbons (Fsp3) is 0.154. The van der Waals surface area contributed by atoms with Gasteiger partial charge in [0.1, 0.15) is 4.21 Å². The first-order chi connectivity index (χ1) is 17.7. The highest BCUT2D eigenvalue weighted by atomic mass is 35.5. The van der Waals surface area contributed by atoms with Gasteiger partial charge in [0.15, 0.2) is 0 Å². The fourth-order valence-corrected chi connectivity index (χ4v) is 6.51. The molecule has 37 heavy (non-hydrogen) atoms. The van der Waals surface area contributed by atoms with Gasteiger partial charge in [0.25, 0.3) is 0 Å². The first-order valence-electron chi connectivity index (χ1n) is 11.2. The van der Waals surface area contributed by atoms with E-state index in [0.717, 1.165) is 33.7 Å². The monoisotopic (exact) mass is 557 g/mol. The molecule has 5 rings (SSSR count). The summed E-state index contributed by atoms with van der Waals surface area (Å²) in [6, 6.07) is 22.9.